The van der Waals surface area contributed by atoms with Gasteiger partial charge in [0.1, 0.15) is 5.75 Å². The highest BCUT2D eigenvalue weighted by Gasteiger charge is 2.37. The maximum Gasteiger partial charge on any atom is 0.307 e. The summed E-state index contributed by atoms with van der Waals surface area (Å²) in [5, 5.41) is 9.42. The van der Waals surface area contributed by atoms with Crippen LogP contribution in [0.25, 0.3) is 0 Å². The number of amides is 2. The normalized spacial score (nSPS) is 20.3. The van der Waals surface area contributed by atoms with Crippen LogP contribution >= 0.6 is 0 Å². The van der Waals surface area contributed by atoms with Crippen LogP contribution in [0.5, 0.6) is 5.75 Å². The number of aliphatic carboxylic acids is 1. The Bertz CT molecular complexity index is 815. The number of carbonyl (C=O) groups excluding carboxylic acids is 2. The van der Waals surface area contributed by atoms with Crippen molar-refractivity contribution in [2.45, 2.75) is 53.6 Å². The summed E-state index contributed by atoms with van der Waals surface area (Å²) in [6, 6.07) is 5.53. The molecule has 3 atom stereocenters. The third-order valence-electron chi connectivity index (χ3n) is 5.39. The predicted octanol–water partition coefficient (Wildman–Crippen LogP) is 2.67. The molecule has 7 heteroatoms. The maximum atomic E-state index is 12.5. The van der Waals surface area contributed by atoms with E-state index in [1.54, 1.807) is 13.0 Å². The van der Waals surface area contributed by atoms with Crippen molar-refractivity contribution in [3.8, 4) is 5.75 Å². The molecule has 0 aliphatic heterocycles. The maximum absolute atomic E-state index is 12.5. The highest BCUT2D eigenvalue weighted by atomic mass is 16.5. The second-order valence-corrected chi connectivity index (χ2v) is 7.50. The SMILES string of the molecule is CC1=C(C)CC(C(=O)NNC(=O)C(C)Oc2ccc(C)c(C)c2)C(C(=O)O)C1. The van der Waals surface area contributed by atoms with Crippen LogP contribution in [0.1, 0.15) is 44.7 Å². The van der Waals surface area contributed by atoms with Crippen molar-refractivity contribution in [2.24, 2.45) is 11.8 Å². The smallest absolute Gasteiger partial charge is 0.307 e. The second kappa shape index (κ2) is 8.91. The number of ether oxygens (including phenoxy) is 1. The van der Waals surface area contributed by atoms with Gasteiger partial charge >= 0.3 is 5.97 Å². The molecule has 1 aliphatic rings. The third kappa shape index (κ3) is 5.12. The minimum absolute atomic E-state index is 0.333. The van der Waals surface area contributed by atoms with Crippen LogP contribution < -0.4 is 15.6 Å². The van der Waals surface area contributed by atoms with Crippen LogP contribution in [-0.4, -0.2) is 29.0 Å². The molecular weight excluding hydrogens is 360 g/mol. The lowest BCUT2D eigenvalue weighted by Crippen LogP contribution is -2.51. The van der Waals surface area contributed by atoms with E-state index in [2.05, 4.69) is 10.9 Å². The molecule has 0 saturated carbocycles. The van der Waals surface area contributed by atoms with Gasteiger partial charge in [-0.05, 0) is 70.7 Å². The first kappa shape index (κ1) is 21.5. The minimum atomic E-state index is -1.01. The van der Waals surface area contributed by atoms with Crippen LogP contribution in [0.3, 0.4) is 0 Å². The van der Waals surface area contributed by atoms with Gasteiger partial charge in [-0.3, -0.25) is 25.2 Å². The van der Waals surface area contributed by atoms with Crippen molar-refractivity contribution >= 4 is 17.8 Å². The Morgan fingerprint density at radius 2 is 1.61 bits per heavy atom. The molecular formula is C21H28N2O5. The molecule has 28 heavy (non-hydrogen) atoms. The zero-order chi connectivity index (χ0) is 21.0. The average Bonchev–Trinajstić information content (AvgIpc) is 2.64. The van der Waals surface area contributed by atoms with Gasteiger partial charge in [-0.1, -0.05) is 17.2 Å². The molecule has 3 unspecified atom stereocenters. The van der Waals surface area contributed by atoms with Crippen LogP contribution in [0.4, 0.5) is 0 Å². The van der Waals surface area contributed by atoms with Crippen molar-refractivity contribution in [1.82, 2.24) is 10.9 Å². The van der Waals surface area contributed by atoms with Crippen molar-refractivity contribution in [2.75, 3.05) is 0 Å². The lowest BCUT2D eigenvalue weighted by molar-refractivity contribution is -0.148. The number of hydrogen-bond donors (Lipinski definition) is 3. The predicted molar refractivity (Wildman–Crippen MR) is 105 cm³/mol. The first-order chi connectivity index (χ1) is 13.1. The van der Waals surface area contributed by atoms with Crippen LogP contribution in [0.15, 0.2) is 29.3 Å². The van der Waals surface area contributed by atoms with E-state index in [0.717, 1.165) is 22.3 Å². The molecule has 3 N–H and O–H groups in total. The molecule has 2 rings (SSSR count). The van der Waals surface area contributed by atoms with E-state index in [9.17, 15) is 19.5 Å². The van der Waals surface area contributed by atoms with Gasteiger partial charge in [-0.25, -0.2) is 0 Å². The molecule has 0 spiro atoms. The van der Waals surface area contributed by atoms with Gasteiger partial charge in [0.05, 0.1) is 11.8 Å². The second-order valence-electron chi connectivity index (χ2n) is 7.50. The Kier molecular flexibility index (Phi) is 6.83. The Hall–Kier alpha value is -2.83. The van der Waals surface area contributed by atoms with Gasteiger partial charge in [-0.2, -0.15) is 0 Å². The van der Waals surface area contributed by atoms with Gasteiger partial charge in [0.15, 0.2) is 6.10 Å². The van der Waals surface area contributed by atoms with Crippen molar-refractivity contribution in [1.29, 1.82) is 0 Å². The fourth-order valence-electron chi connectivity index (χ4n) is 3.19. The number of carboxylic acids is 1. The Labute approximate surface area is 165 Å². The summed E-state index contributed by atoms with van der Waals surface area (Å²) in [5.41, 5.74) is 8.87. The van der Waals surface area contributed by atoms with Gasteiger partial charge in [-0.15, -0.1) is 0 Å². The topological polar surface area (TPSA) is 105 Å². The molecule has 7 nitrogen and oxygen atoms in total. The summed E-state index contributed by atoms with van der Waals surface area (Å²) < 4.78 is 5.62. The van der Waals surface area contributed by atoms with E-state index in [-0.39, 0.29) is 0 Å². The molecule has 152 valence electrons. The molecule has 1 aromatic rings. The van der Waals surface area contributed by atoms with E-state index >= 15 is 0 Å². The average molecular weight is 388 g/mol. The third-order valence-corrected chi connectivity index (χ3v) is 5.39. The Morgan fingerprint density at radius 1 is 1.00 bits per heavy atom. The monoisotopic (exact) mass is 388 g/mol. The van der Waals surface area contributed by atoms with E-state index in [1.807, 2.05) is 39.8 Å². The molecule has 0 aromatic heterocycles. The van der Waals surface area contributed by atoms with Crippen LogP contribution in [-0.2, 0) is 14.4 Å². The number of nitrogens with one attached hydrogen (secondary N) is 2. The van der Waals surface area contributed by atoms with E-state index in [0.29, 0.717) is 18.6 Å². The van der Waals surface area contributed by atoms with Gasteiger partial charge in [0, 0.05) is 0 Å². The van der Waals surface area contributed by atoms with Crippen molar-refractivity contribution in [3.63, 3.8) is 0 Å². The first-order valence-electron chi connectivity index (χ1n) is 9.31. The van der Waals surface area contributed by atoms with Crippen LogP contribution in [0.2, 0.25) is 0 Å². The summed E-state index contributed by atoms with van der Waals surface area (Å²) in [7, 11) is 0. The fraction of sp³-hybridized carbons (Fsp3) is 0.476. The number of hydrazine groups is 1. The number of carbonyl (C=O) groups is 3. The summed E-state index contributed by atoms with van der Waals surface area (Å²) in [6.45, 7) is 9.29. The summed E-state index contributed by atoms with van der Waals surface area (Å²) in [4.78, 5) is 36.2. The summed E-state index contributed by atoms with van der Waals surface area (Å²) >= 11 is 0. The molecule has 1 aliphatic carbocycles. The van der Waals surface area contributed by atoms with Gasteiger partial charge in [0.2, 0.25) is 5.91 Å². The highest BCUT2D eigenvalue weighted by molar-refractivity contribution is 5.88. The van der Waals surface area contributed by atoms with Gasteiger partial charge < -0.3 is 9.84 Å². The largest absolute Gasteiger partial charge is 0.481 e. The lowest BCUT2D eigenvalue weighted by Gasteiger charge is -2.29. The fourth-order valence-corrected chi connectivity index (χ4v) is 3.19. The Balaban J connectivity index is 1.94. The summed E-state index contributed by atoms with van der Waals surface area (Å²) in [6.07, 6.45) is -0.133. The molecule has 0 fully saturated rings. The number of rotatable bonds is 5. The highest BCUT2D eigenvalue weighted by Crippen LogP contribution is 2.34. The quantitative estimate of drug-likeness (QED) is 0.531. The summed E-state index contributed by atoms with van der Waals surface area (Å²) in [5.74, 6) is -3.00. The molecule has 0 radical (unpaired) electrons. The lowest BCUT2D eigenvalue weighted by atomic mass is 9.76. The van der Waals surface area contributed by atoms with Crippen LogP contribution in [0, 0.1) is 25.7 Å². The number of carboxylic acid groups (broad SMARTS) is 1. The zero-order valence-corrected chi connectivity index (χ0v) is 17.0. The number of hydrogen-bond acceptors (Lipinski definition) is 4. The molecule has 1 aromatic carbocycles. The van der Waals surface area contributed by atoms with Gasteiger partial charge in [0.25, 0.3) is 5.91 Å². The number of allylic oxidation sites excluding steroid dienone is 2. The van der Waals surface area contributed by atoms with Crippen molar-refractivity contribution in [3.05, 3.63) is 40.5 Å². The molecule has 0 bridgehead atoms. The van der Waals surface area contributed by atoms with Crippen molar-refractivity contribution < 1.29 is 24.2 Å². The standard InChI is InChI=1S/C21H28N2O5/c1-11-6-7-16(8-12(11)2)28-15(5)19(24)22-23-20(25)17-9-13(3)14(4)10-18(17)21(26)27/h6-8,15,17-18H,9-10H2,1-5H3,(H,22,24)(H,23,25)(H,26,27). The minimum Gasteiger partial charge on any atom is -0.481 e. The number of aryl methyl sites for hydroxylation is 2. The molecule has 2 amide bonds. The van der Waals surface area contributed by atoms with E-state index in [1.165, 1.54) is 0 Å². The first-order valence-corrected chi connectivity index (χ1v) is 9.31. The zero-order valence-electron chi connectivity index (χ0n) is 17.0. The number of benzene rings is 1. The van der Waals surface area contributed by atoms with E-state index in [4.69, 9.17) is 4.74 Å². The molecule has 0 heterocycles. The van der Waals surface area contributed by atoms with E-state index < -0.39 is 35.7 Å². The Morgan fingerprint density at radius 3 is 2.18 bits per heavy atom. The molecule has 0 saturated heterocycles.